The Morgan fingerprint density at radius 2 is 1.41 bits per heavy atom. The monoisotopic (exact) mass is 257 g/mol. The lowest BCUT2D eigenvalue weighted by Crippen LogP contribution is -2.57. The predicted molar refractivity (Wildman–Crippen MR) is 78.9 cm³/mol. The highest BCUT2D eigenvalue weighted by Crippen LogP contribution is 2.16. The van der Waals surface area contributed by atoms with Gasteiger partial charge >= 0.3 is 0 Å². The molecule has 0 aliphatic heterocycles. The largest absolute Gasteiger partial charge is 0.337 e. The van der Waals surface area contributed by atoms with E-state index in [9.17, 15) is 0 Å². The van der Waals surface area contributed by atoms with Crippen LogP contribution in [-0.2, 0) is 0 Å². The van der Waals surface area contributed by atoms with Gasteiger partial charge in [-0.05, 0) is 40.5 Å². The maximum Gasteiger partial charge on any atom is 0.127 e. The summed E-state index contributed by atoms with van der Waals surface area (Å²) in [6.45, 7) is 8.90. The second kappa shape index (κ2) is 8.24. The summed E-state index contributed by atoms with van der Waals surface area (Å²) < 4.78 is 0. The van der Waals surface area contributed by atoms with Gasteiger partial charge < -0.3 is 15.6 Å². The highest BCUT2D eigenvalue weighted by atomic mass is 28.2. The van der Waals surface area contributed by atoms with E-state index >= 15 is 0 Å². The minimum Gasteiger partial charge on any atom is -0.337 e. The topological polar surface area (TPSA) is 36.1 Å². The van der Waals surface area contributed by atoms with E-state index in [1.165, 1.54) is 32.1 Å². The van der Waals surface area contributed by atoms with Crippen molar-refractivity contribution < 1.29 is 0 Å². The molecule has 1 aliphatic rings. The lowest BCUT2D eigenvalue weighted by atomic mass is 9.96. The van der Waals surface area contributed by atoms with Gasteiger partial charge in [-0.15, -0.1) is 0 Å². The van der Waals surface area contributed by atoms with Crippen LogP contribution in [-0.4, -0.2) is 33.6 Å². The molecule has 3 N–H and O–H groups in total. The molecule has 102 valence electrons. The zero-order valence-corrected chi connectivity index (χ0v) is 13.5. The van der Waals surface area contributed by atoms with E-state index in [2.05, 4.69) is 43.3 Å². The van der Waals surface area contributed by atoms with Crippen LogP contribution in [0.4, 0.5) is 0 Å². The quantitative estimate of drug-likeness (QED) is 0.475. The van der Waals surface area contributed by atoms with Crippen LogP contribution in [0, 0.1) is 0 Å². The first kappa shape index (κ1) is 15.2. The van der Waals surface area contributed by atoms with Crippen LogP contribution in [0.15, 0.2) is 0 Å². The van der Waals surface area contributed by atoms with Crippen LogP contribution in [0.3, 0.4) is 0 Å². The summed E-state index contributed by atoms with van der Waals surface area (Å²) in [6, 6.07) is 1.93. The second-order valence-corrected chi connectivity index (χ2v) is 7.57. The van der Waals surface area contributed by atoms with E-state index in [1.807, 2.05) is 0 Å². The summed E-state index contributed by atoms with van der Waals surface area (Å²) in [5.74, 6) is 0.525. The highest BCUT2D eigenvalue weighted by Gasteiger charge is 2.16. The Kier molecular flexibility index (Phi) is 7.35. The summed E-state index contributed by atoms with van der Waals surface area (Å²) in [7, 11) is -0.277. The van der Waals surface area contributed by atoms with E-state index in [1.54, 1.807) is 0 Å². The Bertz CT molecular complexity index is 181. The molecule has 0 unspecified atom stereocenters. The van der Waals surface area contributed by atoms with Crippen molar-refractivity contribution in [3.8, 4) is 0 Å². The molecule has 1 saturated carbocycles. The van der Waals surface area contributed by atoms with Crippen molar-refractivity contribution in [2.75, 3.05) is 0 Å². The molecular formula is C13H31N3Si. The normalized spacial score (nSPS) is 19.2. The van der Waals surface area contributed by atoms with Gasteiger partial charge in [0.15, 0.2) is 0 Å². The Labute approximate surface area is 109 Å². The molecule has 1 rings (SSSR count). The molecule has 0 aromatic heterocycles. The first-order chi connectivity index (χ1) is 8.08. The van der Waals surface area contributed by atoms with Crippen molar-refractivity contribution in [1.82, 2.24) is 15.6 Å². The Morgan fingerprint density at radius 1 is 0.882 bits per heavy atom. The fourth-order valence-corrected chi connectivity index (χ4v) is 4.72. The standard InChI is InChI=1S/C13H31N3Si/c1-10(2)14-13(15-11(3)4)17-16-12-8-6-5-7-9-12/h10-16H,5-9,17H2,1-4H3. The van der Waals surface area contributed by atoms with Gasteiger partial charge in [-0.1, -0.05) is 19.3 Å². The molecule has 0 heterocycles. The van der Waals surface area contributed by atoms with Gasteiger partial charge in [0.25, 0.3) is 0 Å². The molecule has 1 fully saturated rings. The van der Waals surface area contributed by atoms with Crippen LogP contribution in [0.5, 0.6) is 0 Å². The minimum absolute atomic E-state index is 0.277. The zero-order valence-electron chi connectivity index (χ0n) is 12.1. The van der Waals surface area contributed by atoms with Gasteiger partial charge in [-0.25, -0.2) is 0 Å². The molecule has 17 heavy (non-hydrogen) atoms. The number of hydrogen-bond acceptors (Lipinski definition) is 3. The fraction of sp³-hybridized carbons (Fsp3) is 1.00. The molecule has 0 spiro atoms. The Balaban J connectivity index is 2.26. The lowest BCUT2D eigenvalue weighted by Gasteiger charge is -2.29. The smallest absolute Gasteiger partial charge is 0.127 e. The molecule has 0 saturated heterocycles. The van der Waals surface area contributed by atoms with Gasteiger partial charge in [0.05, 0.1) is 5.79 Å². The lowest BCUT2D eigenvalue weighted by molar-refractivity contribution is 0.404. The molecule has 0 aromatic rings. The summed E-state index contributed by atoms with van der Waals surface area (Å²) >= 11 is 0. The van der Waals surface area contributed by atoms with Gasteiger partial charge in [0, 0.05) is 18.1 Å². The van der Waals surface area contributed by atoms with Crippen molar-refractivity contribution in [2.24, 2.45) is 0 Å². The van der Waals surface area contributed by atoms with Gasteiger partial charge in [-0.2, -0.15) is 0 Å². The molecule has 0 aromatic carbocycles. The summed E-state index contributed by atoms with van der Waals surface area (Å²) in [6.07, 6.45) is 7.07. The minimum atomic E-state index is -0.277. The summed E-state index contributed by atoms with van der Waals surface area (Å²) in [5, 5.41) is 7.28. The zero-order chi connectivity index (χ0) is 12.7. The Morgan fingerprint density at radius 3 is 1.88 bits per heavy atom. The number of hydrogen-bond donors (Lipinski definition) is 3. The van der Waals surface area contributed by atoms with Crippen LogP contribution < -0.4 is 15.6 Å². The molecule has 0 amide bonds. The first-order valence-corrected chi connectivity index (χ1v) is 8.85. The van der Waals surface area contributed by atoms with Crippen LogP contribution in [0.25, 0.3) is 0 Å². The predicted octanol–water partition coefficient (Wildman–Crippen LogP) is 1.27. The van der Waals surface area contributed by atoms with Crippen molar-refractivity contribution in [2.45, 2.75) is 83.7 Å². The van der Waals surface area contributed by atoms with Crippen LogP contribution >= 0.6 is 0 Å². The fourth-order valence-electron chi connectivity index (χ4n) is 2.56. The van der Waals surface area contributed by atoms with E-state index in [0.29, 0.717) is 17.9 Å². The van der Waals surface area contributed by atoms with Crippen molar-refractivity contribution in [1.29, 1.82) is 0 Å². The second-order valence-electron chi connectivity index (χ2n) is 5.94. The number of rotatable bonds is 7. The maximum absolute atomic E-state index is 3.85. The molecule has 0 radical (unpaired) electrons. The molecule has 4 heteroatoms. The third-order valence-electron chi connectivity index (χ3n) is 3.28. The maximum atomic E-state index is 3.85. The molecule has 0 atom stereocenters. The van der Waals surface area contributed by atoms with E-state index in [4.69, 9.17) is 0 Å². The number of nitrogens with one attached hydrogen (secondary N) is 3. The van der Waals surface area contributed by atoms with E-state index < -0.39 is 0 Å². The van der Waals surface area contributed by atoms with Crippen molar-refractivity contribution >= 4 is 9.68 Å². The molecule has 1 aliphatic carbocycles. The third-order valence-corrected chi connectivity index (χ3v) is 4.98. The average Bonchev–Trinajstić information content (AvgIpc) is 2.26. The molecule has 3 nitrogen and oxygen atoms in total. The van der Waals surface area contributed by atoms with Crippen LogP contribution in [0.2, 0.25) is 0 Å². The summed E-state index contributed by atoms with van der Waals surface area (Å²) in [5.41, 5.74) is 0. The van der Waals surface area contributed by atoms with Crippen molar-refractivity contribution in [3.05, 3.63) is 0 Å². The molecular weight excluding hydrogens is 226 g/mol. The van der Waals surface area contributed by atoms with Gasteiger partial charge in [-0.3, -0.25) is 0 Å². The van der Waals surface area contributed by atoms with Crippen LogP contribution in [0.1, 0.15) is 59.8 Å². The van der Waals surface area contributed by atoms with Crippen molar-refractivity contribution in [3.63, 3.8) is 0 Å². The Hall–Kier alpha value is 0.0969. The van der Waals surface area contributed by atoms with Gasteiger partial charge in [0.1, 0.15) is 9.68 Å². The van der Waals surface area contributed by atoms with E-state index in [0.717, 1.165) is 6.04 Å². The first-order valence-electron chi connectivity index (χ1n) is 7.33. The third kappa shape index (κ3) is 7.19. The highest BCUT2D eigenvalue weighted by molar-refractivity contribution is 6.34. The summed E-state index contributed by atoms with van der Waals surface area (Å²) in [4.78, 5) is 3.85. The average molecular weight is 257 g/mol. The molecule has 0 bridgehead atoms. The van der Waals surface area contributed by atoms with Gasteiger partial charge in [0.2, 0.25) is 0 Å². The van der Waals surface area contributed by atoms with E-state index in [-0.39, 0.29) is 9.68 Å². The SMILES string of the molecule is CC(C)NC(NC(C)C)[SiH2]NC1CCCCC1.